The molecule has 0 aliphatic carbocycles. The Balaban J connectivity index is 1.69. The minimum Gasteiger partial charge on any atom is -0.368 e. The van der Waals surface area contributed by atoms with Crippen LogP contribution in [0, 0.1) is 17.5 Å². The number of thiazole rings is 1. The maximum Gasteiger partial charge on any atom is 0.323 e. The van der Waals surface area contributed by atoms with Gasteiger partial charge in [-0.3, -0.25) is 0 Å². The Bertz CT molecular complexity index is 1420. The van der Waals surface area contributed by atoms with Crippen molar-refractivity contribution in [3.63, 3.8) is 0 Å². The van der Waals surface area contributed by atoms with Crippen LogP contribution in [0.1, 0.15) is 25.8 Å². The first-order valence-corrected chi connectivity index (χ1v) is 11.3. The van der Waals surface area contributed by atoms with E-state index in [0.29, 0.717) is 21.8 Å². The zero-order chi connectivity index (χ0) is 25.3. The van der Waals surface area contributed by atoms with Crippen molar-refractivity contribution in [1.82, 2.24) is 15.0 Å². The highest BCUT2D eigenvalue weighted by molar-refractivity contribution is 7.15. The van der Waals surface area contributed by atoms with Gasteiger partial charge in [0.15, 0.2) is 11.6 Å². The standard InChI is InChI=1S/C24H21F3N6OS/c1-24(2,3)21-33-19(17-8-9-29-22(28)31-17)20(35-21)12-4-6-15(26)18(10-12)32-23(34)30-13-5-7-14(25)16(27)11-13/h4-11H,1-3H3,(H2,28,29,31)(H2,30,32,34). The Morgan fingerprint density at radius 3 is 2.37 bits per heavy atom. The van der Waals surface area contributed by atoms with Gasteiger partial charge in [-0.1, -0.05) is 26.8 Å². The number of hydrogen-bond donors (Lipinski definition) is 3. The van der Waals surface area contributed by atoms with E-state index in [1.807, 2.05) is 20.8 Å². The van der Waals surface area contributed by atoms with Gasteiger partial charge in [-0.2, -0.15) is 0 Å². The van der Waals surface area contributed by atoms with Crippen LogP contribution in [0.4, 0.5) is 35.3 Å². The van der Waals surface area contributed by atoms with Crippen molar-refractivity contribution in [1.29, 1.82) is 0 Å². The maximum atomic E-state index is 14.6. The number of carbonyl (C=O) groups is 1. The van der Waals surface area contributed by atoms with Crippen molar-refractivity contribution in [3.05, 3.63) is 71.1 Å². The summed E-state index contributed by atoms with van der Waals surface area (Å²) in [7, 11) is 0. The van der Waals surface area contributed by atoms with Gasteiger partial charge in [0.25, 0.3) is 0 Å². The minimum absolute atomic E-state index is 0.0128. The van der Waals surface area contributed by atoms with Crippen LogP contribution in [0.25, 0.3) is 21.8 Å². The molecule has 4 aromatic rings. The fourth-order valence-corrected chi connectivity index (χ4v) is 4.26. The summed E-state index contributed by atoms with van der Waals surface area (Å²) >= 11 is 1.42. The minimum atomic E-state index is -1.12. The third kappa shape index (κ3) is 5.40. The van der Waals surface area contributed by atoms with Gasteiger partial charge in [0, 0.05) is 23.4 Å². The quantitative estimate of drug-likeness (QED) is 0.310. The van der Waals surface area contributed by atoms with Gasteiger partial charge < -0.3 is 16.4 Å². The Labute approximate surface area is 203 Å². The normalized spacial score (nSPS) is 11.4. The molecule has 0 unspecified atom stereocenters. The molecule has 0 fully saturated rings. The third-order valence-corrected chi connectivity index (χ3v) is 6.37. The monoisotopic (exact) mass is 498 g/mol. The van der Waals surface area contributed by atoms with Crippen molar-refractivity contribution < 1.29 is 18.0 Å². The smallest absolute Gasteiger partial charge is 0.323 e. The molecule has 35 heavy (non-hydrogen) atoms. The predicted octanol–water partition coefficient (Wildman–Crippen LogP) is 6.21. The van der Waals surface area contributed by atoms with E-state index in [-0.39, 0.29) is 22.7 Å². The van der Waals surface area contributed by atoms with Crippen LogP contribution >= 0.6 is 11.3 Å². The van der Waals surface area contributed by atoms with Crippen molar-refractivity contribution in [2.45, 2.75) is 26.2 Å². The Morgan fingerprint density at radius 2 is 1.69 bits per heavy atom. The first-order valence-electron chi connectivity index (χ1n) is 10.4. The van der Waals surface area contributed by atoms with E-state index in [2.05, 4.69) is 20.6 Å². The molecule has 0 bridgehead atoms. The van der Waals surface area contributed by atoms with E-state index >= 15 is 0 Å². The number of nitrogens with one attached hydrogen (secondary N) is 2. The van der Waals surface area contributed by atoms with Gasteiger partial charge in [0.2, 0.25) is 5.95 Å². The SMILES string of the molecule is CC(C)(C)c1nc(-c2ccnc(N)n2)c(-c2ccc(F)c(NC(=O)Nc3ccc(F)c(F)c3)c2)s1. The fourth-order valence-electron chi connectivity index (χ4n) is 3.14. The zero-order valence-electron chi connectivity index (χ0n) is 19.0. The summed E-state index contributed by atoms with van der Waals surface area (Å²) in [4.78, 5) is 26.1. The summed E-state index contributed by atoms with van der Waals surface area (Å²) in [5.41, 5.74) is 7.06. The second kappa shape index (κ2) is 9.34. The molecule has 2 amide bonds. The molecule has 180 valence electrons. The first kappa shape index (κ1) is 24.1. The summed E-state index contributed by atoms with van der Waals surface area (Å²) in [6.45, 7) is 6.07. The molecule has 2 heterocycles. The first-order chi connectivity index (χ1) is 16.5. The molecule has 0 aliphatic rings. The number of carbonyl (C=O) groups excluding carboxylic acids is 1. The number of rotatable bonds is 4. The lowest BCUT2D eigenvalue weighted by molar-refractivity contribution is 0.262. The van der Waals surface area contributed by atoms with Crippen LogP contribution in [-0.2, 0) is 5.41 Å². The number of nitrogen functional groups attached to an aromatic ring is 1. The molecule has 0 saturated carbocycles. The number of amides is 2. The third-order valence-electron chi connectivity index (χ3n) is 4.84. The van der Waals surface area contributed by atoms with Crippen LogP contribution < -0.4 is 16.4 Å². The van der Waals surface area contributed by atoms with E-state index in [1.165, 1.54) is 35.7 Å². The molecular weight excluding hydrogens is 477 g/mol. The van der Waals surface area contributed by atoms with E-state index < -0.39 is 23.5 Å². The molecule has 0 saturated heterocycles. The molecular formula is C24H21F3N6OS. The molecule has 7 nitrogen and oxygen atoms in total. The average molecular weight is 499 g/mol. The van der Waals surface area contributed by atoms with Crippen LogP contribution in [0.5, 0.6) is 0 Å². The Kier molecular flexibility index (Phi) is 6.44. The summed E-state index contributed by atoms with van der Waals surface area (Å²) in [5, 5.41) is 5.58. The molecule has 4 N–H and O–H groups in total. The van der Waals surface area contributed by atoms with Crippen LogP contribution in [0.15, 0.2) is 48.7 Å². The van der Waals surface area contributed by atoms with E-state index in [1.54, 1.807) is 12.1 Å². The summed E-state index contributed by atoms with van der Waals surface area (Å²) in [6.07, 6.45) is 1.53. The topological polar surface area (TPSA) is 106 Å². The number of anilines is 3. The number of hydrogen-bond acceptors (Lipinski definition) is 6. The van der Waals surface area contributed by atoms with Crippen molar-refractivity contribution >= 4 is 34.7 Å². The van der Waals surface area contributed by atoms with Crippen LogP contribution in [0.2, 0.25) is 0 Å². The summed E-state index contributed by atoms with van der Waals surface area (Å²) in [5.74, 6) is -2.75. The molecule has 2 aromatic carbocycles. The van der Waals surface area contributed by atoms with Gasteiger partial charge in [0.1, 0.15) is 11.5 Å². The summed E-state index contributed by atoms with van der Waals surface area (Å²) in [6, 6.07) is 8.01. The number of nitrogens with zero attached hydrogens (tertiary/aromatic N) is 3. The predicted molar refractivity (Wildman–Crippen MR) is 131 cm³/mol. The highest BCUT2D eigenvalue weighted by atomic mass is 32.1. The molecule has 11 heteroatoms. The lowest BCUT2D eigenvalue weighted by Crippen LogP contribution is -2.20. The Hall–Kier alpha value is -3.99. The molecule has 0 aliphatic heterocycles. The molecule has 0 atom stereocenters. The van der Waals surface area contributed by atoms with Crippen molar-refractivity contribution in [2.24, 2.45) is 0 Å². The van der Waals surface area contributed by atoms with Crippen LogP contribution in [-0.4, -0.2) is 21.0 Å². The van der Waals surface area contributed by atoms with Crippen molar-refractivity contribution in [2.75, 3.05) is 16.4 Å². The van der Waals surface area contributed by atoms with E-state index in [0.717, 1.165) is 17.1 Å². The number of nitrogens with two attached hydrogens (primary N) is 1. The lowest BCUT2D eigenvalue weighted by atomic mass is 9.98. The highest BCUT2D eigenvalue weighted by Crippen LogP contribution is 2.41. The van der Waals surface area contributed by atoms with Gasteiger partial charge in [0.05, 0.1) is 21.3 Å². The van der Waals surface area contributed by atoms with E-state index in [9.17, 15) is 18.0 Å². The second-order valence-corrected chi connectivity index (χ2v) is 9.65. The fraction of sp³-hybridized carbons (Fsp3) is 0.167. The van der Waals surface area contributed by atoms with Gasteiger partial charge in [-0.25, -0.2) is 32.9 Å². The number of benzene rings is 2. The van der Waals surface area contributed by atoms with Gasteiger partial charge in [-0.05, 0) is 35.9 Å². The summed E-state index contributed by atoms with van der Waals surface area (Å²) < 4.78 is 41.1. The van der Waals surface area contributed by atoms with Gasteiger partial charge >= 0.3 is 6.03 Å². The molecule has 4 rings (SSSR count). The molecule has 0 radical (unpaired) electrons. The van der Waals surface area contributed by atoms with Crippen LogP contribution in [0.3, 0.4) is 0 Å². The molecule has 2 aromatic heterocycles. The van der Waals surface area contributed by atoms with E-state index in [4.69, 9.17) is 10.7 Å². The number of halogens is 3. The number of urea groups is 1. The average Bonchev–Trinajstić information content (AvgIpc) is 3.24. The maximum absolute atomic E-state index is 14.6. The largest absolute Gasteiger partial charge is 0.368 e. The lowest BCUT2D eigenvalue weighted by Gasteiger charge is -2.13. The van der Waals surface area contributed by atoms with Gasteiger partial charge in [-0.15, -0.1) is 11.3 Å². The highest BCUT2D eigenvalue weighted by Gasteiger charge is 2.24. The Morgan fingerprint density at radius 1 is 0.943 bits per heavy atom. The zero-order valence-corrected chi connectivity index (χ0v) is 19.8. The number of aromatic nitrogens is 3. The van der Waals surface area contributed by atoms with Crippen molar-refractivity contribution in [3.8, 4) is 21.8 Å². The molecule has 0 spiro atoms. The second-order valence-electron chi connectivity index (χ2n) is 8.65.